The first-order valence-corrected chi connectivity index (χ1v) is 9.19. The molecule has 1 N–H and O–H groups in total. The summed E-state index contributed by atoms with van der Waals surface area (Å²) < 4.78 is 5.24. The van der Waals surface area contributed by atoms with Crippen molar-refractivity contribution in [3.05, 3.63) is 60.2 Å². The zero-order valence-corrected chi connectivity index (χ0v) is 14.7. The molecule has 0 saturated carbocycles. The number of anilines is 1. The Kier molecular flexibility index (Phi) is 5.77. The molecule has 3 rings (SSSR count). The Morgan fingerprint density at radius 1 is 1.23 bits per heavy atom. The van der Waals surface area contributed by atoms with E-state index in [0.29, 0.717) is 28.6 Å². The van der Waals surface area contributed by atoms with Gasteiger partial charge in [0.25, 0.3) is 5.91 Å². The molecule has 6 nitrogen and oxygen atoms in total. The summed E-state index contributed by atoms with van der Waals surface area (Å²) in [4.78, 5) is 26.9. The number of nitrogens with zero attached hydrogens (tertiary/aromatic N) is 2. The van der Waals surface area contributed by atoms with Crippen LogP contribution in [0.5, 0.6) is 5.75 Å². The zero-order valence-electron chi connectivity index (χ0n) is 13.9. The molecule has 2 amide bonds. The fraction of sp³-hybridized carbons (Fsp3) is 0.211. The summed E-state index contributed by atoms with van der Waals surface area (Å²) >= 11 is 1.55. The van der Waals surface area contributed by atoms with E-state index < -0.39 is 6.04 Å². The smallest absolute Gasteiger partial charge is 0.255 e. The van der Waals surface area contributed by atoms with Crippen LogP contribution < -0.4 is 10.1 Å². The number of thioether (sulfide) groups is 1. The highest BCUT2D eigenvalue weighted by atomic mass is 32.2. The molecule has 0 spiro atoms. The van der Waals surface area contributed by atoms with Crippen molar-refractivity contribution < 1.29 is 14.3 Å². The summed E-state index contributed by atoms with van der Waals surface area (Å²) in [5.41, 5.74) is 1.13. The van der Waals surface area contributed by atoms with Gasteiger partial charge in [0.05, 0.1) is 5.88 Å². The molecule has 1 fully saturated rings. The molecule has 0 bridgehead atoms. The van der Waals surface area contributed by atoms with Crippen molar-refractivity contribution in [2.24, 2.45) is 0 Å². The minimum absolute atomic E-state index is 0.0595. The van der Waals surface area contributed by atoms with Gasteiger partial charge < -0.3 is 15.0 Å². The number of rotatable bonds is 5. The standard InChI is InChI=1S/C19H17N3O3S/c20-9-10-25-16-8-4-7-15(11-16)21-18(23)17-12-26-13-22(17)19(24)14-5-2-1-3-6-14/h1-8,11,17H,10,12-13H2,(H,21,23). The number of ether oxygens (including phenoxy) is 1. The lowest BCUT2D eigenvalue weighted by molar-refractivity contribution is -0.119. The summed E-state index contributed by atoms with van der Waals surface area (Å²) in [5.74, 6) is 1.15. The average molecular weight is 367 g/mol. The number of nitriles is 1. The maximum absolute atomic E-state index is 12.7. The zero-order chi connectivity index (χ0) is 18.4. The number of nitrogens with one attached hydrogen (secondary N) is 1. The van der Waals surface area contributed by atoms with E-state index in [1.807, 2.05) is 12.1 Å². The van der Waals surface area contributed by atoms with E-state index in [2.05, 4.69) is 5.32 Å². The van der Waals surface area contributed by atoms with E-state index in [4.69, 9.17) is 10.00 Å². The molecule has 0 aliphatic carbocycles. The number of hydrogen-bond acceptors (Lipinski definition) is 5. The highest BCUT2D eigenvalue weighted by molar-refractivity contribution is 7.99. The molecule has 2 aromatic rings. The van der Waals surface area contributed by atoms with Gasteiger partial charge in [0.1, 0.15) is 17.9 Å². The minimum Gasteiger partial charge on any atom is -0.479 e. The van der Waals surface area contributed by atoms with Gasteiger partial charge in [-0.3, -0.25) is 9.59 Å². The minimum atomic E-state index is -0.531. The predicted octanol–water partition coefficient (Wildman–Crippen LogP) is 2.74. The number of amides is 2. The van der Waals surface area contributed by atoms with Crippen LogP contribution in [0.25, 0.3) is 0 Å². The van der Waals surface area contributed by atoms with E-state index >= 15 is 0 Å². The van der Waals surface area contributed by atoms with Crippen LogP contribution in [0.4, 0.5) is 5.69 Å². The van der Waals surface area contributed by atoms with Crippen molar-refractivity contribution in [3.8, 4) is 11.8 Å². The lowest BCUT2D eigenvalue weighted by atomic mass is 10.1. The SMILES string of the molecule is N#CCOc1cccc(NC(=O)C2CSCN2C(=O)c2ccccc2)c1. The summed E-state index contributed by atoms with van der Waals surface area (Å²) in [7, 11) is 0. The van der Waals surface area contributed by atoms with Gasteiger partial charge in [-0.15, -0.1) is 11.8 Å². The topological polar surface area (TPSA) is 82.4 Å². The molecule has 1 unspecified atom stereocenters. The molecule has 1 saturated heterocycles. The fourth-order valence-corrected chi connectivity index (χ4v) is 3.77. The molecule has 26 heavy (non-hydrogen) atoms. The van der Waals surface area contributed by atoms with E-state index in [-0.39, 0.29) is 18.4 Å². The lowest BCUT2D eigenvalue weighted by Crippen LogP contribution is -2.44. The predicted molar refractivity (Wildman–Crippen MR) is 99.9 cm³/mol. The van der Waals surface area contributed by atoms with Gasteiger partial charge in [-0.1, -0.05) is 24.3 Å². The van der Waals surface area contributed by atoms with Crippen LogP contribution in [0.2, 0.25) is 0 Å². The Bertz CT molecular complexity index is 835. The third-order valence-electron chi connectivity index (χ3n) is 3.87. The van der Waals surface area contributed by atoms with E-state index in [1.165, 1.54) is 0 Å². The van der Waals surface area contributed by atoms with Gasteiger partial charge in [0, 0.05) is 23.1 Å². The van der Waals surface area contributed by atoms with Crippen molar-refractivity contribution in [3.63, 3.8) is 0 Å². The largest absolute Gasteiger partial charge is 0.479 e. The Morgan fingerprint density at radius 3 is 2.81 bits per heavy atom. The normalized spacial score (nSPS) is 16.0. The number of carbonyl (C=O) groups is 2. The van der Waals surface area contributed by atoms with Crippen LogP contribution in [0.3, 0.4) is 0 Å². The quantitative estimate of drug-likeness (QED) is 0.879. The first-order valence-electron chi connectivity index (χ1n) is 8.03. The first kappa shape index (κ1) is 17.8. The summed E-state index contributed by atoms with van der Waals surface area (Å²) in [6.45, 7) is -0.0595. The van der Waals surface area contributed by atoms with Crippen LogP contribution in [-0.2, 0) is 4.79 Å². The van der Waals surface area contributed by atoms with Crippen molar-refractivity contribution in [2.75, 3.05) is 23.6 Å². The Hall–Kier alpha value is -2.98. The van der Waals surface area contributed by atoms with Crippen molar-refractivity contribution in [2.45, 2.75) is 6.04 Å². The molecule has 1 aliphatic heterocycles. The molecule has 132 valence electrons. The van der Waals surface area contributed by atoms with E-state index in [0.717, 1.165) is 0 Å². The van der Waals surface area contributed by atoms with Crippen LogP contribution in [0.15, 0.2) is 54.6 Å². The second kappa shape index (κ2) is 8.41. The number of hydrogen-bond donors (Lipinski definition) is 1. The van der Waals surface area contributed by atoms with Crippen LogP contribution >= 0.6 is 11.8 Å². The maximum Gasteiger partial charge on any atom is 0.255 e. The third-order valence-corrected chi connectivity index (χ3v) is 4.88. The average Bonchev–Trinajstić information content (AvgIpc) is 3.17. The van der Waals surface area contributed by atoms with E-state index in [9.17, 15) is 9.59 Å². The first-order chi connectivity index (χ1) is 12.7. The maximum atomic E-state index is 12.7. The molecule has 0 radical (unpaired) electrons. The highest BCUT2D eigenvalue weighted by Gasteiger charge is 2.35. The highest BCUT2D eigenvalue weighted by Crippen LogP contribution is 2.25. The molecule has 1 atom stereocenters. The summed E-state index contributed by atoms with van der Waals surface area (Å²) in [6.07, 6.45) is 0. The number of benzene rings is 2. The second-order valence-corrected chi connectivity index (χ2v) is 6.62. The Morgan fingerprint density at radius 2 is 2.04 bits per heavy atom. The molecule has 0 aromatic heterocycles. The van der Waals surface area contributed by atoms with Crippen molar-refractivity contribution in [1.82, 2.24) is 4.90 Å². The van der Waals surface area contributed by atoms with Crippen molar-refractivity contribution in [1.29, 1.82) is 5.26 Å². The van der Waals surface area contributed by atoms with Crippen LogP contribution in [-0.4, -0.2) is 41.0 Å². The van der Waals surface area contributed by atoms with Gasteiger partial charge in [-0.25, -0.2) is 0 Å². The van der Waals surface area contributed by atoms with Gasteiger partial charge in [0.15, 0.2) is 6.61 Å². The summed E-state index contributed by atoms with van der Waals surface area (Å²) in [5, 5.41) is 11.4. The fourth-order valence-electron chi connectivity index (χ4n) is 2.61. The molecule has 1 heterocycles. The molecule has 2 aromatic carbocycles. The Balaban J connectivity index is 1.69. The molecular weight excluding hydrogens is 350 g/mol. The number of carbonyl (C=O) groups excluding carboxylic acids is 2. The third kappa shape index (κ3) is 4.16. The molecule has 1 aliphatic rings. The Labute approximate surface area is 155 Å². The lowest BCUT2D eigenvalue weighted by Gasteiger charge is -2.23. The van der Waals surface area contributed by atoms with Gasteiger partial charge >= 0.3 is 0 Å². The van der Waals surface area contributed by atoms with Gasteiger partial charge in [-0.05, 0) is 24.3 Å². The van der Waals surface area contributed by atoms with Gasteiger partial charge in [0.2, 0.25) is 5.91 Å². The monoisotopic (exact) mass is 367 g/mol. The van der Waals surface area contributed by atoms with E-state index in [1.54, 1.807) is 65.2 Å². The molecular formula is C19H17N3O3S. The van der Waals surface area contributed by atoms with Gasteiger partial charge in [-0.2, -0.15) is 5.26 Å². The van der Waals surface area contributed by atoms with Crippen LogP contribution in [0, 0.1) is 11.3 Å². The second-order valence-electron chi connectivity index (χ2n) is 5.62. The van der Waals surface area contributed by atoms with Crippen LogP contribution in [0.1, 0.15) is 10.4 Å². The summed E-state index contributed by atoms with van der Waals surface area (Å²) in [6, 6.07) is 17.2. The molecule has 7 heteroatoms. The van der Waals surface area contributed by atoms with Crippen molar-refractivity contribution >= 4 is 29.3 Å².